The molecule has 0 unspecified atom stereocenters. The van der Waals surface area contributed by atoms with Crippen LogP contribution in [0, 0.1) is 0 Å². The Morgan fingerprint density at radius 1 is 1.32 bits per heavy atom. The molecule has 1 heterocycles. The summed E-state index contributed by atoms with van der Waals surface area (Å²) in [6.45, 7) is 6.84. The quantitative estimate of drug-likeness (QED) is 0.821. The van der Waals surface area contributed by atoms with Gasteiger partial charge >= 0.3 is 0 Å². The van der Waals surface area contributed by atoms with Crippen LogP contribution in [0.15, 0.2) is 42.5 Å². The maximum atomic E-state index is 10.2. The van der Waals surface area contributed by atoms with Crippen molar-refractivity contribution in [2.45, 2.75) is 57.9 Å². The van der Waals surface area contributed by atoms with Crippen molar-refractivity contribution in [3.63, 3.8) is 0 Å². The molecule has 1 saturated heterocycles. The highest BCUT2D eigenvalue weighted by atomic mass is 16.7. The number of rotatable bonds is 6. The predicted octanol–water partition coefficient (Wildman–Crippen LogP) is 3.05. The number of hydrogen-bond donors (Lipinski definition) is 1. The molecule has 1 aliphatic rings. The molecule has 4 nitrogen and oxygen atoms in total. The molecule has 1 fully saturated rings. The molecule has 1 N–H and O–H groups in total. The van der Waals surface area contributed by atoms with Crippen LogP contribution in [0.1, 0.15) is 32.8 Å². The number of hydrogen-bond acceptors (Lipinski definition) is 4. The van der Waals surface area contributed by atoms with Crippen LogP contribution in [-0.2, 0) is 20.8 Å². The lowest BCUT2D eigenvalue weighted by Crippen LogP contribution is -2.44. The van der Waals surface area contributed by atoms with Crippen LogP contribution < -0.4 is 0 Å². The molecule has 0 aliphatic carbocycles. The summed E-state index contributed by atoms with van der Waals surface area (Å²) in [6.07, 6.45) is 3.37. The second kappa shape index (κ2) is 7.88. The molecular formula is C18H26O4. The lowest BCUT2D eigenvalue weighted by molar-refractivity contribution is -0.284. The van der Waals surface area contributed by atoms with Crippen LogP contribution in [-0.4, -0.2) is 35.8 Å². The Morgan fingerprint density at radius 2 is 2.05 bits per heavy atom. The summed E-state index contributed by atoms with van der Waals surface area (Å²) in [6, 6.07) is 10.0. The summed E-state index contributed by atoms with van der Waals surface area (Å²) in [5.41, 5.74) is 1.14. The average molecular weight is 306 g/mol. The Balaban J connectivity index is 1.77. The van der Waals surface area contributed by atoms with E-state index in [0.717, 1.165) is 5.56 Å². The first-order valence-electron chi connectivity index (χ1n) is 7.80. The minimum atomic E-state index is -0.647. The Labute approximate surface area is 132 Å². The number of ether oxygens (including phenoxy) is 3. The molecule has 0 amide bonds. The standard InChI is InChI=1S/C18H26O4/c1-14(20-13-15-7-5-4-6-8-15)9-10-16(19)17-11-12-21-18(2,3)22-17/h4-10,14,16-17,19H,11-13H2,1-3H3/t14-,16+,17+/m1/s1. The summed E-state index contributed by atoms with van der Waals surface area (Å²) in [5.74, 6) is -0.632. The average Bonchev–Trinajstić information content (AvgIpc) is 2.50. The van der Waals surface area contributed by atoms with Gasteiger partial charge in [-0.1, -0.05) is 42.5 Å². The summed E-state index contributed by atoms with van der Waals surface area (Å²) in [7, 11) is 0. The normalized spacial score (nSPS) is 24.3. The topological polar surface area (TPSA) is 47.9 Å². The van der Waals surface area contributed by atoms with Crippen LogP contribution in [0.5, 0.6) is 0 Å². The zero-order valence-electron chi connectivity index (χ0n) is 13.6. The SMILES string of the molecule is C[C@H](C=C[C@H](O)[C@@H]1CCOC(C)(C)O1)OCc1ccccc1. The van der Waals surface area contributed by atoms with Gasteiger partial charge in [0, 0.05) is 6.42 Å². The highest BCUT2D eigenvalue weighted by molar-refractivity contribution is 5.13. The minimum absolute atomic E-state index is 0.0669. The molecule has 0 spiro atoms. The van der Waals surface area contributed by atoms with Crippen LogP contribution >= 0.6 is 0 Å². The van der Waals surface area contributed by atoms with Crippen LogP contribution in [0.25, 0.3) is 0 Å². The number of aliphatic hydroxyl groups is 1. The van der Waals surface area contributed by atoms with Crippen molar-refractivity contribution >= 4 is 0 Å². The summed E-state index contributed by atoms with van der Waals surface area (Å²) in [4.78, 5) is 0. The molecule has 0 saturated carbocycles. The minimum Gasteiger partial charge on any atom is -0.386 e. The monoisotopic (exact) mass is 306 g/mol. The van der Waals surface area contributed by atoms with Crippen molar-refractivity contribution in [1.82, 2.24) is 0 Å². The third-order valence-electron chi connectivity index (χ3n) is 3.60. The Bertz CT molecular complexity index is 469. The lowest BCUT2D eigenvalue weighted by atomic mass is 10.1. The molecule has 1 aromatic carbocycles. The molecule has 0 bridgehead atoms. The molecule has 1 aromatic rings. The molecule has 22 heavy (non-hydrogen) atoms. The first-order valence-corrected chi connectivity index (χ1v) is 7.80. The molecule has 1 aliphatic heterocycles. The summed E-state index contributed by atoms with van der Waals surface area (Å²) in [5, 5.41) is 10.2. The lowest BCUT2D eigenvalue weighted by Gasteiger charge is -2.37. The molecule has 3 atom stereocenters. The molecular weight excluding hydrogens is 280 g/mol. The van der Waals surface area contributed by atoms with Gasteiger partial charge in [-0.15, -0.1) is 0 Å². The summed E-state index contributed by atoms with van der Waals surface area (Å²) < 4.78 is 17.0. The zero-order valence-corrected chi connectivity index (χ0v) is 13.6. The van der Waals surface area contributed by atoms with E-state index in [9.17, 15) is 5.11 Å². The smallest absolute Gasteiger partial charge is 0.163 e. The highest BCUT2D eigenvalue weighted by Crippen LogP contribution is 2.24. The fourth-order valence-corrected chi connectivity index (χ4v) is 2.37. The van der Waals surface area contributed by atoms with Gasteiger partial charge in [-0.05, 0) is 26.3 Å². The molecule has 4 heteroatoms. The van der Waals surface area contributed by atoms with Gasteiger partial charge in [0.05, 0.1) is 31.5 Å². The van der Waals surface area contributed by atoms with Gasteiger partial charge < -0.3 is 19.3 Å². The second-order valence-corrected chi connectivity index (χ2v) is 6.07. The van der Waals surface area contributed by atoms with E-state index in [2.05, 4.69) is 0 Å². The van der Waals surface area contributed by atoms with E-state index < -0.39 is 11.9 Å². The van der Waals surface area contributed by atoms with Gasteiger partial charge in [-0.25, -0.2) is 0 Å². The Kier molecular flexibility index (Phi) is 6.15. The molecule has 2 rings (SSSR count). The van der Waals surface area contributed by atoms with E-state index in [4.69, 9.17) is 14.2 Å². The van der Waals surface area contributed by atoms with Gasteiger partial charge in [-0.3, -0.25) is 0 Å². The van der Waals surface area contributed by atoms with Crippen LogP contribution in [0.2, 0.25) is 0 Å². The first-order chi connectivity index (χ1) is 10.5. The zero-order chi connectivity index (χ0) is 16.0. The molecule has 0 radical (unpaired) electrons. The van der Waals surface area contributed by atoms with E-state index in [1.165, 1.54) is 0 Å². The maximum absolute atomic E-state index is 10.2. The van der Waals surface area contributed by atoms with Crippen molar-refractivity contribution in [2.75, 3.05) is 6.61 Å². The van der Waals surface area contributed by atoms with Crippen molar-refractivity contribution < 1.29 is 19.3 Å². The van der Waals surface area contributed by atoms with E-state index in [1.807, 2.05) is 57.2 Å². The molecule has 122 valence electrons. The first kappa shape index (κ1) is 17.2. The van der Waals surface area contributed by atoms with Gasteiger partial charge in [0.2, 0.25) is 0 Å². The van der Waals surface area contributed by atoms with Crippen molar-refractivity contribution in [3.8, 4) is 0 Å². The highest BCUT2D eigenvalue weighted by Gasteiger charge is 2.32. The van der Waals surface area contributed by atoms with Crippen molar-refractivity contribution in [2.24, 2.45) is 0 Å². The second-order valence-electron chi connectivity index (χ2n) is 6.07. The largest absolute Gasteiger partial charge is 0.386 e. The van der Waals surface area contributed by atoms with Gasteiger partial charge in [-0.2, -0.15) is 0 Å². The predicted molar refractivity (Wildman–Crippen MR) is 85.4 cm³/mol. The summed E-state index contributed by atoms with van der Waals surface area (Å²) >= 11 is 0. The third kappa shape index (κ3) is 5.54. The Hall–Kier alpha value is -1.20. The number of benzene rings is 1. The van der Waals surface area contributed by atoms with E-state index >= 15 is 0 Å². The van der Waals surface area contributed by atoms with Gasteiger partial charge in [0.25, 0.3) is 0 Å². The van der Waals surface area contributed by atoms with Crippen molar-refractivity contribution in [1.29, 1.82) is 0 Å². The van der Waals surface area contributed by atoms with Gasteiger partial charge in [0.1, 0.15) is 0 Å². The third-order valence-corrected chi connectivity index (χ3v) is 3.60. The van der Waals surface area contributed by atoms with E-state index in [0.29, 0.717) is 19.6 Å². The van der Waals surface area contributed by atoms with Gasteiger partial charge in [0.15, 0.2) is 5.79 Å². The molecule has 0 aromatic heterocycles. The van der Waals surface area contributed by atoms with Crippen LogP contribution in [0.4, 0.5) is 0 Å². The van der Waals surface area contributed by atoms with E-state index in [1.54, 1.807) is 6.08 Å². The van der Waals surface area contributed by atoms with Crippen molar-refractivity contribution in [3.05, 3.63) is 48.0 Å². The maximum Gasteiger partial charge on any atom is 0.163 e. The van der Waals surface area contributed by atoms with E-state index in [-0.39, 0.29) is 12.2 Å². The number of aliphatic hydroxyl groups excluding tert-OH is 1. The van der Waals surface area contributed by atoms with Crippen LogP contribution in [0.3, 0.4) is 0 Å². The fourth-order valence-electron chi connectivity index (χ4n) is 2.37. The Morgan fingerprint density at radius 3 is 2.73 bits per heavy atom. The fraction of sp³-hybridized carbons (Fsp3) is 0.556.